The average molecular weight is 297 g/mol. The molecule has 110 valence electrons. The molecule has 20 heavy (non-hydrogen) atoms. The lowest BCUT2D eigenvalue weighted by molar-refractivity contribution is -0.140. The number of thiazole rings is 1. The quantitative estimate of drug-likeness (QED) is 0.846. The predicted molar refractivity (Wildman–Crippen MR) is 76.9 cm³/mol. The van der Waals surface area contributed by atoms with Crippen LogP contribution in [0.1, 0.15) is 31.4 Å². The van der Waals surface area contributed by atoms with E-state index >= 15 is 0 Å². The summed E-state index contributed by atoms with van der Waals surface area (Å²) in [6, 6.07) is -0.0713. The Balaban J connectivity index is 1.76. The van der Waals surface area contributed by atoms with E-state index in [0.717, 1.165) is 31.6 Å². The van der Waals surface area contributed by atoms with Gasteiger partial charge in [-0.2, -0.15) is 0 Å². The van der Waals surface area contributed by atoms with E-state index in [9.17, 15) is 9.59 Å². The number of carbonyl (C=O) groups is 2. The first-order valence-corrected chi connectivity index (χ1v) is 7.64. The Morgan fingerprint density at radius 1 is 1.45 bits per heavy atom. The van der Waals surface area contributed by atoms with Crippen LogP contribution in [0, 0.1) is 0 Å². The van der Waals surface area contributed by atoms with Crippen LogP contribution in [-0.2, 0) is 16.0 Å². The predicted octanol–water partition coefficient (Wildman–Crippen LogP) is 2.27. The second-order valence-corrected chi connectivity index (χ2v) is 5.56. The SMILES string of the molecule is COC(=O)CCCc1csc(NC(=O)N2CCCC2)n1. The zero-order chi connectivity index (χ0) is 14.4. The monoisotopic (exact) mass is 297 g/mol. The number of ether oxygens (including phenoxy) is 1. The minimum Gasteiger partial charge on any atom is -0.469 e. The molecule has 7 heteroatoms. The van der Waals surface area contributed by atoms with Crippen LogP contribution in [0.2, 0.25) is 0 Å². The van der Waals surface area contributed by atoms with E-state index < -0.39 is 0 Å². The van der Waals surface area contributed by atoms with Crippen molar-refractivity contribution >= 4 is 28.5 Å². The van der Waals surface area contributed by atoms with Gasteiger partial charge in [-0.1, -0.05) is 0 Å². The smallest absolute Gasteiger partial charge is 0.323 e. The number of esters is 1. The molecule has 1 fully saturated rings. The highest BCUT2D eigenvalue weighted by Gasteiger charge is 2.18. The van der Waals surface area contributed by atoms with Crippen molar-refractivity contribution in [3.63, 3.8) is 0 Å². The van der Waals surface area contributed by atoms with Crippen LogP contribution in [0.4, 0.5) is 9.93 Å². The number of aromatic nitrogens is 1. The highest BCUT2D eigenvalue weighted by atomic mass is 32.1. The maximum atomic E-state index is 11.9. The highest BCUT2D eigenvalue weighted by molar-refractivity contribution is 7.13. The second-order valence-electron chi connectivity index (χ2n) is 4.70. The number of rotatable bonds is 5. The van der Waals surface area contributed by atoms with Crippen molar-refractivity contribution in [2.24, 2.45) is 0 Å². The number of hydrogen-bond acceptors (Lipinski definition) is 5. The molecule has 0 atom stereocenters. The minimum absolute atomic E-state index is 0.0713. The first kappa shape index (κ1) is 14.8. The molecule has 0 aromatic carbocycles. The van der Waals surface area contributed by atoms with Gasteiger partial charge >= 0.3 is 12.0 Å². The maximum Gasteiger partial charge on any atom is 0.323 e. The summed E-state index contributed by atoms with van der Waals surface area (Å²) < 4.78 is 4.58. The average Bonchev–Trinajstić information content (AvgIpc) is 3.10. The van der Waals surface area contributed by atoms with Crippen LogP contribution < -0.4 is 5.32 Å². The van der Waals surface area contributed by atoms with E-state index in [-0.39, 0.29) is 12.0 Å². The number of hydrogen-bond donors (Lipinski definition) is 1. The van der Waals surface area contributed by atoms with Gasteiger partial charge in [0.05, 0.1) is 12.8 Å². The van der Waals surface area contributed by atoms with Crippen molar-refractivity contribution in [3.05, 3.63) is 11.1 Å². The number of nitrogens with zero attached hydrogens (tertiary/aromatic N) is 2. The molecule has 2 heterocycles. The molecule has 1 saturated heterocycles. The maximum absolute atomic E-state index is 11.9. The standard InChI is InChI=1S/C13H19N3O3S/c1-19-11(17)6-4-5-10-9-20-12(14-10)15-13(18)16-7-2-3-8-16/h9H,2-8H2,1H3,(H,14,15,18). The van der Waals surface area contributed by atoms with Gasteiger partial charge in [-0.25, -0.2) is 9.78 Å². The topological polar surface area (TPSA) is 71.5 Å². The van der Waals surface area contributed by atoms with Crippen molar-refractivity contribution in [2.45, 2.75) is 32.1 Å². The number of carbonyl (C=O) groups excluding carboxylic acids is 2. The van der Waals surface area contributed by atoms with E-state index in [0.29, 0.717) is 24.4 Å². The van der Waals surface area contributed by atoms with Gasteiger partial charge in [0, 0.05) is 24.9 Å². The molecular formula is C13H19N3O3S. The summed E-state index contributed by atoms with van der Waals surface area (Å²) in [6.45, 7) is 1.65. The van der Waals surface area contributed by atoms with Crippen LogP contribution >= 0.6 is 11.3 Å². The van der Waals surface area contributed by atoms with E-state index in [4.69, 9.17) is 0 Å². The molecule has 0 spiro atoms. The summed E-state index contributed by atoms with van der Waals surface area (Å²) in [5, 5.41) is 5.35. The normalized spacial score (nSPS) is 14.3. The first-order chi connectivity index (χ1) is 9.69. The van der Waals surface area contributed by atoms with Gasteiger partial charge in [-0.15, -0.1) is 11.3 Å². The summed E-state index contributed by atoms with van der Waals surface area (Å²) in [6.07, 6.45) is 3.96. The molecule has 0 aliphatic carbocycles. The molecule has 1 aliphatic heterocycles. The van der Waals surface area contributed by atoms with Crippen molar-refractivity contribution in [1.29, 1.82) is 0 Å². The fraction of sp³-hybridized carbons (Fsp3) is 0.615. The van der Waals surface area contributed by atoms with E-state index in [1.807, 2.05) is 5.38 Å². The number of anilines is 1. The number of methoxy groups -OCH3 is 1. The summed E-state index contributed by atoms with van der Waals surface area (Å²) in [5.74, 6) is -0.206. The molecule has 0 unspecified atom stereocenters. The molecule has 6 nitrogen and oxygen atoms in total. The van der Waals surface area contributed by atoms with E-state index in [1.54, 1.807) is 4.90 Å². The second kappa shape index (κ2) is 7.23. The van der Waals surface area contributed by atoms with Crippen molar-refractivity contribution in [2.75, 3.05) is 25.5 Å². The Morgan fingerprint density at radius 3 is 2.90 bits per heavy atom. The minimum atomic E-state index is -0.206. The summed E-state index contributed by atoms with van der Waals surface area (Å²) in [4.78, 5) is 29.0. The van der Waals surface area contributed by atoms with Gasteiger partial charge in [0.15, 0.2) is 5.13 Å². The van der Waals surface area contributed by atoms with Gasteiger partial charge in [-0.05, 0) is 25.7 Å². The molecule has 0 saturated carbocycles. The van der Waals surface area contributed by atoms with Gasteiger partial charge in [0.2, 0.25) is 0 Å². The summed E-state index contributed by atoms with van der Waals surface area (Å²) >= 11 is 1.42. The highest BCUT2D eigenvalue weighted by Crippen LogP contribution is 2.18. The molecule has 1 N–H and O–H groups in total. The molecule has 1 aromatic heterocycles. The number of urea groups is 1. The van der Waals surface area contributed by atoms with Gasteiger partial charge < -0.3 is 9.64 Å². The number of nitrogens with one attached hydrogen (secondary N) is 1. The third kappa shape index (κ3) is 4.19. The van der Waals surface area contributed by atoms with Crippen LogP contribution in [-0.4, -0.2) is 42.1 Å². The zero-order valence-electron chi connectivity index (χ0n) is 11.6. The molecule has 0 bridgehead atoms. The Morgan fingerprint density at radius 2 is 2.20 bits per heavy atom. The van der Waals surface area contributed by atoms with Crippen LogP contribution in [0.25, 0.3) is 0 Å². The molecule has 2 rings (SSSR count). The zero-order valence-corrected chi connectivity index (χ0v) is 12.4. The summed E-state index contributed by atoms with van der Waals surface area (Å²) in [7, 11) is 1.39. The van der Waals surface area contributed by atoms with E-state index in [2.05, 4.69) is 15.0 Å². The Labute approximate surface area is 122 Å². The molecule has 2 amide bonds. The molecule has 1 aromatic rings. The van der Waals surface area contributed by atoms with Crippen LogP contribution in [0.15, 0.2) is 5.38 Å². The van der Waals surface area contributed by atoms with Crippen molar-refractivity contribution < 1.29 is 14.3 Å². The van der Waals surface area contributed by atoms with Gasteiger partial charge in [0.25, 0.3) is 0 Å². The molecule has 0 radical (unpaired) electrons. The van der Waals surface area contributed by atoms with Crippen LogP contribution in [0.3, 0.4) is 0 Å². The first-order valence-electron chi connectivity index (χ1n) is 6.76. The Bertz CT molecular complexity index is 469. The number of amides is 2. The lowest BCUT2D eigenvalue weighted by Crippen LogP contribution is -2.32. The van der Waals surface area contributed by atoms with Gasteiger partial charge in [-0.3, -0.25) is 10.1 Å². The fourth-order valence-corrected chi connectivity index (χ4v) is 2.82. The fourth-order valence-electron chi connectivity index (χ4n) is 2.09. The van der Waals surface area contributed by atoms with E-state index in [1.165, 1.54) is 18.4 Å². The largest absolute Gasteiger partial charge is 0.469 e. The lowest BCUT2D eigenvalue weighted by Gasteiger charge is -2.14. The van der Waals surface area contributed by atoms with Crippen molar-refractivity contribution in [3.8, 4) is 0 Å². The summed E-state index contributed by atoms with van der Waals surface area (Å²) in [5.41, 5.74) is 0.899. The Hall–Kier alpha value is -1.63. The molecule has 1 aliphatic rings. The van der Waals surface area contributed by atoms with Gasteiger partial charge in [0.1, 0.15) is 0 Å². The third-order valence-electron chi connectivity index (χ3n) is 3.20. The number of likely N-dealkylation sites (tertiary alicyclic amines) is 1. The molecular weight excluding hydrogens is 278 g/mol. The Kier molecular flexibility index (Phi) is 5.34. The third-order valence-corrected chi connectivity index (χ3v) is 4.01. The lowest BCUT2D eigenvalue weighted by atomic mass is 10.2. The van der Waals surface area contributed by atoms with Crippen molar-refractivity contribution in [1.82, 2.24) is 9.88 Å². The van der Waals surface area contributed by atoms with Crippen LogP contribution in [0.5, 0.6) is 0 Å². The number of aryl methyl sites for hydroxylation is 1.